The van der Waals surface area contributed by atoms with E-state index < -0.39 is 15.8 Å². The first-order valence-electron chi connectivity index (χ1n) is 11.7. The first-order chi connectivity index (χ1) is 18.9. The summed E-state index contributed by atoms with van der Waals surface area (Å²) >= 11 is 0. The number of nitrogens with zero attached hydrogens (tertiary/aromatic N) is 1. The Bertz CT molecular complexity index is 1750. The van der Waals surface area contributed by atoms with Crippen LogP contribution in [0.1, 0.15) is 0 Å². The normalized spacial score (nSPS) is 11.2. The fourth-order valence-corrected chi connectivity index (χ4v) is 5.00. The monoisotopic (exact) mass is 546 g/mol. The number of rotatable bonds is 9. The Labute approximate surface area is 224 Å². The number of nitrogens with one attached hydrogen (secondary N) is 1. The molecule has 10 heteroatoms. The molecular weight excluding hydrogens is 523 g/mol. The molecule has 0 aliphatic heterocycles. The summed E-state index contributed by atoms with van der Waals surface area (Å²) in [6.45, 7) is 0. The number of para-hydroxylation sites is 1. The lowest BCUT2D eigenvalue weighted by atomic mass is 10.1. The highest BCUT2D eigenvalue weighted by Gasteiger charge is 2.19. The molecule has 0 unspecified atom stereocenters. The summed E-state index contributed by atoms with van der Waals surface area (Å²) in [7, 11) is -1.08. The molecule has 0 aliphatic rings. The van der Waals surface area contributed by atoms with Crippen LogP contribution in [0.4, 0.5) is 10.1 Å². The van der Waals surface area contributed by atoms with Crippen LogP contribution in [0.5, 0.6) is 34.5 Å². The second kappa shape index (κ2) is 10.9. The molecule has 5 rings (SSSR count). The minimum atomic E-state index is -4.11. The van der Waals surface area contributed by atoms with Crippen molar-refractivity contribution >= 4 is 26.6 Å². The summed E-state index contributed by atoms with van der Waals surface area (Å²) in [5.41, 5.74) is 0.278. The molecule has 0 fully saturated rings. The predicted octanol–water partition coefficient (Wildman–Crippen LogP) is 6.78. The van der Waals surface area contributed by atoms with Crippen LogP contribution in [0.15, 0.2) is 102 Å². The van der Waals surface area contributed by atoms with Gasteiger partial charge in [0.25, 0.3) is 10.0 Å². The number of hydrogen-bond donors (Lipinski definition) is 1. The molecule has 0 bridgehead atoms. The third-order valence-electron chi connectivity index (χ3n) is 5.72. The standard InChI is InChI=1S/C29H23FN2O6S/c1-35-27-14-12-23-26(15-16-31-28(23)29(27)36-2)38-21-11-13-25(24(30)18-21)32-39(33,34)22-10-6-9-20(17-22)37-19-7-4-3-5-8-19/h3-18,32H,1-2H3. The van der Waals surface area contributed by atoms with E-state index in [1.807, 2.05) is 6.07 Å². The minimum absolute atomic E-state index is 0.0803. The molecule has 0 saturated heterocycles. The molecule has 198 valence electrons. The smallest absolute Gasteiger partial charge is 0.262 e. The molecule has 0 radical (unpaired) electrons. The highest BCUT2D eigenvalue weighted by atomic mass is 32.2. The first-order valence-corrected chi connectivity index (χ1v) is 13.2. The van der Waals surface area contributed by atoms with Gasteiger partial charge >= 0.3 is 0 Å². The molecule has 1 heterocycles. The van der Waals surface area contributed by atoms with Crippen molar-refractivity contribution in [2.75, 3.05) is 18.9 Å². The number of hydrogen-bond acceptors (Lipinski definition) is 7. The number of sulfonamides is 1. The van der Waals surface area contributed by atoms with Crippen molar-refractivity contribution in [1.29, 1.82) is 0 Å². The summed E-state index contributed by atoms with van der Waals surface area (Å²) in [5, 5.41) is 0.623. The van der Waals surface area contributed by atoms with Gasteiger partial charge in [-0.15, -0.1) is 0 Å². The summed E-state index contributed by atoms with van der Waals surface area (Å²) in [4.78, 5) is 4.27. The van der Waals surface area contributed by atoms with Gasteiger partial charge < -0.3 is 18.9 Å². The topological polar surface area (TPSA) is 96.0 Å². The van der Waals surface area contributed by atoms with Gasteiger partial charge in [-0.25, -0.2) is 12.8 Å². The molecule has 0 saturated carbocycles. The van der Waals surface area contributed by atoms with Crippen LogP contribution in [0.2, 0.25) is 0 Å². The maximum atomic E-state index is 15.0. The lowest BCUT2D eigenvalue weighted by Gasteiger charge is -2.14. The van der Waals surface area contributed by atoms with E-state index in [1.54, 1.807) is 54.6 Å². The molecule has 0 amide bonds. The Hall–Kier alpha value is -4.83. The average Bonchev–Trinajstić information content (AvgIpc) is 2.94. The van der Waals surface area contributed by atoms with Gasteiger partial charge in [0.05, 0.1) is 24.8 Å². The van der Waals surface area contributed by atoms with Crippen molar-refractivity contribution in [3.8, 4) is 34.5 Å². The van der Waals surface area contributed by atoms with Gasteiger partial charge in [0.1, 0.15) is 28.5 Å². The highest BCUT2D eigenvalue weighted by molar-refractivity contribution is 7.92. The number of pyridine rings is 1. The fraction of sp³-hybridized carbons (Fsp3) is 0.0690. The van der Waals surface area contributed by atoms with E-state index in [9.17, 15) is 8.42 Å². The molecule has 0 aliphatic carbocycles. The van der Waals surface area contributed by atoms with E-state index in [4.69, 9.17) is 18.9 Å². The van der Waals surface area contributed by atoms with Gasteiger partial charge in [-0.1, -0.05) is 24.3 Å². The number of ether oxygens (including phenoxy) is 4. The number of anilines is 1. The van der Waals surface area contributed by atoms with Crippen molar-refractivity contribution in [3.63, 3.8) is 0 Å². The molecule has 4 aromatic carbocycles. The van der Waals surface area contributed by atoms with Crippen molar-refractivity contribution in [3.05, 3.63) is 103 Å². The third-order valence-corrected chi connectivity index (χ3v) is 7.08. The first kappa shape index (κ1) is 25.8. The average molecular weight is 547 g/mol. The van der Waals surface area contributed by atoms with E-state index in [-0.39, 0.29) is 16.3 Å². The lowest BCUT2D eigenvalue weighted by molar-refractivity contribution is 0.358. The number of methoxy groups -OCH3 is 2. The molecular formula is C29H23FN2O6S. The molecule has 0 spiro atoms. The second-order valence-electron chi connectivity index (χ2n) is 8.25. The molecule has 1 aromatic heterocycles. The Balaban J connectivity index is 1.36. The molecule has 8 nitrogen and oxygen atoms in total. The molecule has 39 heavy (non-hydrogen) atoms. The summed E-state index contributed by atoms with van der Waals surface area (Å²) in [6, 6.07) is 23.8. The Kier molecular flexibility index (Phi) is 7.20. The Morgan fingerprint density at radius 2 is 1.51 bits per heavy atom. The van der Waals surface area contributed by atoms with E-state index in [2.05, 4.69) is 9.71 Å². The van der Waals surface area contributed by atoms with E-state index in [1.165, 1.54) is 44.7 Å². The maximum Gasteiger partial charge on any atom is 0.262 e. The van der Waals surface area contributed by atoms with E-state index in [0.717, 1.165) is 6.07 Å². The van der Waals surface area contributed by atoms with Gasteiger partial charge in [-0.3, -0.25) is 9.71 Å². The second-order valence-corrected chi connectivity index (χ2v) is 9.93. The predicted molar refractivity (Wildman–Crippen MR) is 145 cm³/mol. The van der Waals surface area contributed by atoms with Crippen LogP contribution in [-0.4, -0.2) is 27.6 Å². The number of fused-ring (bicyclic) bond motifs is 1. The SMILES string of the molecule is COc1ccc2c(Oc3ccc(NS(=O)(=O)c4cccc(Oc5ccccc5)c4)c(F)c3)ccnc2c1OC. The van der Waals surface area contributed by atoms with Crippen molar-refractivity contribution in [2.45, 2.75) is 4.90 Å². The summed E-state index contributed by atoms with van der Waals surface area (Å²) in [5.74, 6) is 1.59. The van der Waals surface area contributed by atoms with E-state index in [0.29, 0.717) is 39.7 Å². The quantitative estimate of drug-likeness (QED) is 0.218. The van der Waals surface area contributed by atoms with Gasteiger partial charge in [0.2, 0.25) is 0 Å². The Morgan fingerprint density at radius 1 is 0.744 bits per heavy atom. The zero-order chi connectivity index (χ0) is 27.4. The van der Waals surface area contributed by atoms with Gasteiger partial charge in [-0.05, 0) is 54.6 Å². The number of aromatic nitrogens is 1. The lowest BCUT2D eigenvalue weighted by Crippen LogP contribution is -2.14. The molecule has 1 N–H and O–H groups in total. The fourth-order valence-electron chi connectivity index (χ4n) is 3.90. The van der Waals surface area contributed by atoms with Crippen LogP contribution in [0, 0.1) is 5.82 Å². The van der Waals surface area contributed by atoms with Crippen molar-refractivity contribution in [2.24, 2.45) is 0 Å². The summed E-state index contributed by atoms with van der Waals surface area (Å²) in [6.07, 6.45) is 1.54. The van der Waals surface area contributed by atoms with Crippen LogP contribution >= 0.6 is 0 Å². The maximum absolute atomic E-state index is 15.0. The zero-order valence-corrected chi connectivity index (χ0v) is 21.7. The van der Waals surface area contributed by atoms with Crippen LogP contribution in [-0.2, 0) is 10.0 Å². The summed E-state index contributed by atoms with van der Waals surface area (Å²) < 4.78 is 65.7. The van der Waals surface area contributed by atoms with Crippen molar-refractivity contribution < 1.29 is 31.8 Å². The van der Waals surface area contributed by atoms with Gasteiger partial charge in [0, 0.05) is 23.7 Å². The molecule has 0 atom stereocenters. The van der Waals surface area contributed by atoms with Crippen LogP contribution in [0.25, 0.3) is 10.9 Å². The number of halogens is 1. The highest BCUT2D eigenvalue weighted by Crippen LogP contribution is 2.39. The number of benzene rings is 4. The van der Waals surface area contributed by atoms with Gasteiger partial charge in [-0.2, -0.15) is 0 Å². The Morgan fingerprint density at radius 3 is 2.26 bits per heavy atom. The van der Waals surface area contributed by atoms with Crippen LogP contribution < -0.4 is 23.7 Å². The largest absolute Gasteiger partial charge is 0.493 e. The zero-order valence-electron chi connectivity index (χ0n) is 20.9. The molecule has 5 aromatic rings. The van der Waals surface area contributed by atoms with Gasteiger partial charge in [0.15, 0.2) is 17.3 Å². The van der Waals surface area contributed by atoms with Crippen LogP contribution in [0.3, 0.4) is 0 Å². The minimum Gasteiger partial charge on any atom is -0.493 e. The van der Waals surface area contributed by atoms with Crippen molar-refractivity contribution in [1.82, 2.24) is 4.98 Å². The third kappa shape index (κ3) is 5.55. The van der Waals surface area contributed by atoms with E-state index >= 15 is 4.39 Å².